The summed E-state index contributed by atoms with van der Waals surface area (Å²) in [6.45, 7) is 3.68. The van der Waals surface area contributed by atoms with Crippen molar-refractivity contribution in [3.63, 3.8) is 0 Å². The summed E-state index contributed by atoms with van der Waals surface area (Å²) in [5, 5.41) is 0. The highest BCUT2D eigenvalue weighted by atomic mass is 16.5. The van der Waals surface area contributed by atoms with Crippen LogP contribution in [-0.4, -0.2) is 30.0 Å². The Kier molecular flexibility index (Phi) is 6.10. The third-order valence-corrected chi connectivity index (χ3v) is 4.96. The topological polar surface area (TPSA) is 29.5 Å². The van der Waals surface area contributed by atoms with E-state index in [0.717, 1.165) is 38.1 Å². The summed E-state index contributed by atoms with van der Waals surface area (Å²) in [7, 11) is 0. The number of para-hydroxylation sites is 1. The van der Waals surface area contributed by atoms with E-state index in [1.165, 1.54) is 5.56 Å². The van der Waals surface area contributed by atoms with Gasteiger partial charge in [0.25, 0.3) is 5.91 Å². The molecular formula is C22H27NO2. The highest BCUT2D eigenvalue weighted by molar-refractivity contribution is 5.81. The predicted molar refractivity (Wildman–Crippen MR) is 101 cm³/mol. The maximum absolute atomic E-state index is 12.8. The maximum atomic E-state index is 12.8. The van der Waals surface area contributed by atoms with E-state index in [2.05, 4.69) is 30.3 Å². The summed E-state index contributed by atoms with van der Waals surface area (Å²) < 4.78 is 5.91. The zero-order chi connectivity index (χ0) is 17.5. The third kappa shape index (κ3) is 4.85. The molecule has 2 aromatic rings. The van der Waals surface area contributed by atoms with Crippen LogP contribution in [0.15, 0.2) is 60.7 Å². The van der Waals surface area contributed by atoms with Crippen LogP contribution in [0.1, 0.15) is 31.7 Å². The number of benzene rings is 2. The highest BCUT2D eigenvalue weighted by Gasteiger charge is 2.28. The monoisotopic (exact) mass is 337 g/mol. The number of nitrogens with zero attached hydrogens (tertiary/aromatic N) is 1. The molecule has 3 rings (SSSR count). The molecule has 1 heterocycles. The van der Waals surface area contributed by atoms with E-state index in [1.54, 1.807) is 0 Å². The van der Waals surface area contributed by atoms with Crippen LogP contribution in [0.5, 0.6) is 5.75 Å². The molecule has 0 aliphatic carbocycles. The van der Waals surface area contributed by atoms with E-state index >= 15 is 0 Å². The molecule has 0 N–H and O–H groups in total. The molecule has 1 saturated heterocycles. The second kappa shape index (κ2) is 8.70. The van der Waals surface area contributed by atoms with Crippen molar-refractivity contribution in [1.29, 1.82) is 0 Å². The van der Waals surface area contributed by atoms with Gasteiger partial charge in [0.15, 0.2) is 6.10 Å². The average Bonchev–Trinajstić information content (AvgIpc) is 2.68. The van der Waals surface area contributed by atoms with Crippen LogP contribution in [0.25, 0.3) is 0 Å². The molecule has 2 aromatic carbocycles. The van der Waals surface area contributed by atoms with Gasteiger partial charge in [-0.1, -0.05) is 55.5 Å². The van der Waals surface area contributed by atoms with Crippen molar-refractivity contribution in [2.75, 3.05) is 13.1 Å². The van der Waals surface area contributed by atoms with Gasteiger partial charge in [0.2, 0.25) is 0 Å². The first-order valence-corrected chi connectivity index (χ1v) is 9.30. The Morgan fingerprint density at radius 1 is 1.04 bits per heavy atom. The standard InChI is InChI=1S/C22H27NO2/c1-2-21(25-20-11-7-4-8-12-20)22(24)23-15-13-19(14-16-23)17-18-9-5-3-6-10-18/h3-12,19,21H,2,13-17H2,1H3/t21-/m1/s1. The van der Waals surface area contributed by atoms with Crippen molar-refractivity contribution in [2.45, 2.75) is 38.7 Å². The molecule has 0 spiro atoms. The van der Waals surface area contributed by atoms with Gasteiger partial charge in [-0.05, 0) is 49.3 Å². The summed E-state index contributed by atoms with van der Waals surface area (Å²) in [5.41, 5.74) is 1.39. The van der Waals surface area contributed by atoms with Gasteiger partial charge in [-0.2, -0.15) is 0 Å². The van der Waals surface area contributed by atoms with E-state index in [0.29, 0.717) is 12.3 Å². The third-order valence-electron chi connectivity index (χ3n) is 4.96. The van der Waals surface area contributed by atoms with Crippen LogP contribution in [0, 0.1) is 5.92 Å². The summed E-state index contributed by atoms with van der Waals surface area (Å²) in [5.74, 6) is 1.56. The van der Waals surface area contributed by atoms with Crippen molar-refractivity contribution in [3.8, 4) is 5.75 Å². The van der Waals surface area contributed by atoms with Gasteiger partial charge in [0.1, 0.15) is 5.75 Å². The average molecular weight is 337 g/mol. The van der Waals surface area contributed by atoms with Gasteiger partial charge in [0.05, 0.1) is 0 Å². The van der Waals surface area contributed by atoms with Crippen molar-refractivity contribution in [2.24, 2.45) is 5.92 Å². The minimum atomic E-state index is -0.381. The molecule has 1 fully saturated rings. The second-order valence-corrected chi connectivity index (χ2v) is 6.79. The summed E-state index contributed by atoms with van der Waals surface area (Å²) in [4.78, 5) is 14.8. The lowest BCUT2D eigenvalue weighted by Gasteiger charge is -2.34. The Bertz CT molecular complexity index is 648. The van der Waals surface area contributed by atoms with Crippen LogP contribution >= 0.6 is 0 Å². The number of rotatable bonds is 6. The number of piperidine rings is 1. The molecule has 0 bridgehead atoms. The second-order valence-electron chi connectivity index (χ2n) is 6.79. The van der Waals surface area contributed by atoms with E-state index in [9.17, 15) is 4.79 Å². The van der Waals surface area contributed by atoms with Gasteiger partial charge in [-0.3, -0.25) is 4.79 Å². The Labute approximate surface area is 150 Å². The van der Waals surface area contributed by atoms with Gasteiger partial charge < -0.3 is 9.64 Å². The molecule has 132 valence electrons. The summed E-state index contributed by atoms with van der Waals surface area (Å²) >= 11 is 0. The number of hydrogen-bond donors (Lipinski definition) is 0. The fourth-order valence-electron chi connectivity index (χ4n) is 3.48. The van der Waals surface area contributed by atoms with Gasteiger partial charge in [-0.15, -0.1) is 0 Å². The van der Waals surface area contributed by atoms with E-state index in [-0.39, 0.29) is 12.0 Å². The SMILES string of the molecule is CC[C@@H](Oc1ccccc1)C(=O)N1CCC(Cc2ccccc2)CC1. The lowest BCUT2D eigenvalue weighted by Crippen LogP contribution is -2.45. The number of carbonyl (C=O) groups is 1. The van der Waals surface area contributed by atoms with Gasteiger partial charge in [0, 0.05) is 13.1 Å². The van der Waals surface area contributed by atoms with E-state index < -0.39 is 0 Å². The molecule has 1 aliphatic rings. The number of ether oxygens (including phenoxy) is 1. The molecule has 0 radical (unpaired) electrons. The van der Waals surface area contributed by atoms with Crippen LogP contribution < -0.4 is 4.74 Å². The zero-order valence-electron chi connectivity index (χ0n) is 14.9. The number of likely N-dealkylation sites (tertiary alicyclic amines) is 1. The van der Waals surface area contributed by atoms with Gasteiger partial charge >= 0.3 is 0 Å². The fourth-order valence-corrected chi connectivity index (χ4v) is 3.48. The minimum absolute atomic E-state index is 0.129. The normalized spacial score (nSPS) is 16.4. The van der Waals surface area contributed by atoms with Crippen molar-refractivity contribution in [1.82, 2.24) is 4.90 Å². The smallest absolute Gasteiger partial charge is 0.263 e. The summed E-state index contributed by atoms with van der Waals surface area (Å²) in [6, 6.07) is 20.3. The van der Waals surface area contributed by atoms with E-state index in [1.807, 2.05) is 42.2 Å². The van der Waals surface area contributed by atoms with Crippen LogP contribution in [0.4, 0.5) is 0 Å². The lowest BCUT2D eigenvalue weighted by atomic mass is 9.90. The maximum Gasteiger partial charge on any atom is 0.263 e. The number of amides is 1. The Morgan fingerprint density at radius 2 is 1.64 bits per heavy atom. The first kappa shape index (κ1) is 17.5. The first-order chi connectivity index (χ1) is 12.3. The molecular weight excluding hydrogens is 310 g/mol. The number of carbonyl (C=O) groups excluding carboxylic acids is 1. The first-order valence-electron chi connectivity index (χ1n) is 9.30. The molecule has 0 saturated carbocycles. The lowest BCUT2D eigenvalue weighted by molar-refractivity contribution is -0.140. The van der Waals surface area contributed by atoms with Crippen molar-refractivity contribution >= 4 is 5.91 Å². The predicted octanol–water partition coefficient (Wildman–Crippen LogP) is 4.33. The number of hydrogen-bond acceptors (Lipinski definition) is 2. The quantitative estimate of drug-likeness (QED) is 0.785. The fraction of sp³-hybridized carbons (Fsp3) is 0.409. The molecule has 1 atom stereocenters. The molecule has 1 aliphatic heterocycles. The van der Waals surface area contributed by atoms with Gasteiger partial charge in [-0.25, -0.2) is 0 Å². The molecule has 1 amide bonds. The molecule has 3 nitrogen and oxygen atoms in total. The molecule has 0 unspecified atom stereocenters. The van der Waals surface area contributed by atoms with Crippen molar-refractivity contribution in [3.05, 3.63) is 66.2 Å². The summed E-state index contributed by atoms with van der Waals surface area (Å²) in [6.07, 6.45) is 3.57. The highest BCUT2D eigenvalue weighted by Crippen LogP contribution is 2.23. The minimum Gasteiger partial charge on any atom is -0.481 e. The van der Waals surface area contributed by atoms with Crippen LogP contribution in [0.3, 0.4) is 0 Å². The molecule has 3 heteroatoms. The van der Waals surface area contributed by atoms with Crippen molar-refractivity contribution < 1.29 is 9.53 Å². The van der Waals surface area contributed by atoms with Crippen LogP contribution in [-0.2, 0) is 11.2 Å². The van der Waals surface area contributed by atoms with E-state index in [4.69, 9.17) is 4.74 Å². The Hall–Kier alpha value is -2.29. The molecule has 0 aromatic heterocycles. The largest absolute Gasteiger partial charge is 0.481 e. The zero-order valence-corrected chi connectivity index (χ0v) is 14.9. The molecule has 25 heavy (non-hydrogen) atoms. The Morgan fingerprint density at radius 3 is 2.24 bits per heavy atom. The Balaban J connectivity index is 1.51. The van der Waals surface area contributed by atoms with Crippen LogP contribution in [0.2, 0.25) is 0 Å².